The molecule has 0 spiro atoms. The number of hydrogen-bond donors (Lipinski definition) is 2. The molecule has 21 heavy (non-hydrogen) atoms. The number of thioether (sulfide) groups is 1. The lowest BCUT2D eigenvalue weighted by Crippen LogP contribution is -2.05. The molecule has 0 radical (unpaired) electrons. The summed E-state index contributed by atoms with van der Waals surface area (Å²) in [7, 11) is 0. The van der Waals surface area contributed by atoms with Gasteiger partial charge in [0.25, 0.3) is 0 Å². The van der Waals surface area contributed by atoms with Crippen LogP contribution in [0.3, 0.4) is 0 Å². The van der Waals surface area contributed by atoms with E-state index in [1.807, 2.05) is 50.2 Å². The van der Waals surface area contributed by atoms with Crippen LogP contribution in [-0.4, -0.2) is 34.0 Å². The van der Waals surface area contributed by atoms with Gasteiger partial charge < -0.3 is 10.4 Å². The van der Waals surface area contributed by atoms with Crippen LogP contribution in [0.15, 0.2) is 41.4 Å². The fourth-order valence-electron chi connectivity index (χ4n) is 1.77. The molecule has 2 aromatic rings. The number of rotatable bonds is 7. The van der Waals surface area contributed by atoms with Crippen LogP contribution in [0.5, 0.6) is 0 Å². The normalized spacial score (nSPS) is 12.1. The SMILES string of the molecule is CCNc1cc(SCC(C)CO)nc(-c2ccccc2)n1. The summed E-state index contributed by atoms with van der Waals surface area (Å²) in [6, 6.07) is 11.9. The van der Waals surface area contributed by atoms with Gasteiger partial charge in [0.1, 0.15) is 10.8 Å². The molecule has 5 heteroatoms. The van der Waals surface area contributed by atoms with Gasteiger partial charge in [-0.25, -0.2) is 9.97 Å². The van der Waals surface area contributed by atoms with E-state index in [4.69, 9.17) is 5.11 Å². The van der Waals surface area contributed by atoms with Gasteiger partial charge in [-0.2, -0.15) is 0 Å². The summed E-state index contributed by atoms with van der Waals surface area (Å²) in [6.45, 7) is 5.09. The Labute approximate surface area is 130 Å². The van der Waals surface area contributed by atoms with E-state index >= 15 is 0 Å². The Kier molecular flexibility index (Phi) is 6.02. The molecule has 0 saturated carbocycles. The Bertz CT molecular complexity index is 563. The van der Waals surface area contributed by atoms with Crippen LogP contribution in [0.4, 0.5) is 5.82 Å². The van der Waals surface area contributed by atoms with Gasteiger partial charge in [0.2, 0.25) is 0 Å². The van der Waals surface area contributed by atoms with Crippen molar-refractivity contribution in [3.63, 3.8) is 0 Å². The Morgan fingerprint density at radius 2 is 2.00 bits per heavy atom. The second-order valence-corrected chi connectivity index (χ2v) is 5.95. The molecular weight excluding hydrogens is 282 g/mol. The molecule has 0 aliphatic carbocycles. The summed E-state index contributed by atoms with van der Waals surface area (Å²) in [5.41, 5.74) is 1.01. The minimum absolute atomic E-state index is 0.198. The number of aliphatic hydroxyl groups is 1. The first-order valence-corrected chi connectivity index (χ1v) is 8.13. The van der Waals surface area contributed by atoms with Crippen molar-refractivity contribution in [1.82, 2.24) is 9.97 Å². The molecular formula is C16H21N3OS. The standard InChI is InChI=1S/C16H21N3OS/c1-3-17-14-9-15(21-11-12(2)10-20)19-16(18-14)13-7-5-4-6-8-13/h4-9,12,20H,3,10-11H2,1-2H3,(H,17,18,19). The fraction of sp³-hybridized carbons (Fsp3) is 0.375. The molecule has 2 N–H and O–H groups in total. The summed E-state index contributed by atoms with van der Waals surface area (Å²) < 4.78 is 0. The monoisotopic (exact) mass is 303 g/mol. The highest BCUT2D eigenvalue weighted by Gasteiger charge is 2.08. The van der Waals surface area contributed by atoms with Crippen molar-refractivity contribution in [2.45, 2.75) is 18.9 Å². The first kappa shape index (κ1) is 15.8. The summed E-state index contributed by atoms with van der Waals surface area (Å²) >= 11 is 1.65. The lowest BCUT2D eigenvalue weighted by Gasteiger charge is -2.10. The van der Waals surface area contributed by atoms with E-state index in [-0.39, 0.29) is 12.5 Å². The van der Waals surface area contributed by atoms with Crippen LogP contribution < -0.4 is 5.32 Å². The Morgan fingerprint density at radius 1 is 1.24 bits per heavy atom. The summed E-state index contributed by atoms with van der Waals surface area (Å²) in [6.07, 6.45) is 0. The van der Waals surface area contributed by atoms with Crippen LogP contribution in [0.1, 0.15) is 13.8 Å². The maximum atomic E-state index is 9.13. The van der Waals surface area contributed by atoms with Crippen LogP contribution in [-0.2, 0) is 0 Å². The number of nitrogens with zero attached hydrogens (tertiary/aromatic N) is 2. The fourth-order valence-corrected chi connectivity index (χ4v) is 2.67. The Balaban J connectivity index is 2.26. The highest BCUT2D eigenvalue weighted by Crippen LogP contribution is 2.25. The second-order valence-electron chi connectivity index (χ2n) is 4.91. The van der Waals surface area contributed by atoms with Crippen molar-refractivity contribution in [2.24, 2.45) is 5.92 Å². The molecule has 0 bridgehead atoms. The lowest BCUT2D eigenvalue weighted by atomic mass is 10.2. The number of nitrogens with one attached hydrogen (secondary N) is 1. The van der Waals surface area contributed by atoms with E-state index < -0.39 is 0 Å². The van der Waals surface area contributed by atoms with E-state index in [0.717, 1.165) is 34.5 Å². The highest BCUT2D eigenvalue weighted by atomic mass is 32.2. The van der Waals surface area contributed by atoms with Gasteiger partial charge in [-0.1, -0.05) is 37.3 Å². The number of aliphatic hydroxyl groups excluding tert-OH is 1. The molecule has 1 aromatic heterocycles. The van der Waals surface area contributed by atoms with Crippen LogP contribution >= 0.6 is 11.8 Å². The third-order valence-corrected chi connectivity index (χ3v) is 4.16. The minimum Gasteiger partial charge on any atom is -0.396 e. The molecule has 1 aromatic carbocycles. The van der Waals surface area contributed by atoms with Crippen LogP contribution in [0.2, 0.25) is 0 Å². The third-order valence-electron chi connectivity index (χ3n) is 2.92. The van der Waals surface area contributed by atoms with E-state index in [1.165, 1.54) is 0 Å². The summed E-state index contributed by atoms with van der Waals surface area (Å²) in [5.74, 6) is 2.67. The van der Waals surface area contributed by atoms with Gasteiger partial charge in [-0.05, 0) is 12.8 Å². The number of aromatic nitrogens is 2. The molecule has 112 valence electrons. The van der Waals surface area contributed by atoms with Crippen molar-refractivity contribution in [2.75, 3.05) is 24.2 Å². The molecule has 1 unspecified atom stereocenters. The van der Waals surface area contributed by atoms with Crippen molar-refractivity contribution >= 4 is 17.6 Å². The Morgan fingerprint density at radius 3 is 2.67 bits per heavy atom. The molecule has 0 amide bonds. The van der Waals surface area contributed by atoms with Gasteiger partial charge in [0.15, 0.2) is 5.82 Å². The second kappa shape index (κ2) is 8.00. The maximum absolute atomic E-state index is 9.13. The van der Waals surface area contributed by atoms with Crippen molar-refractivity contribution in [1.29, 1.82) is 0 Å². The molecule has 0 aliphatic heterocycles. The smallest absolute Gasteiger partial charge is 0.162 e. The topological polar surface area (TPSA) is 58.0 Å². The van der Waals surface area contributed by atoms with Crippen molar-refractivity contribution in [3.8, 4) is 11.4 Å². The zero-order chi connectivity index (χ0) is 15.1. The van der Waals surface area contributed by atoms with E-state index in [9.17, 15) is 0 Å². The van der Waals surface area contributed by atoms with E-state index in [0.29, 0.717) is 0 Å². The first-order valence-electron chi connectivity index (χ1n) is 7.15. The van der Waals surface area contributed by atoms with E-state index in [1.54, 1.807) is 11.8 Å². The largest absolute Gasteiger partial charge is 0.396 e. The predicted molar refractivity (Wildman–Crippen MR) is 88.6 cm³/mol. The quantitative estimate of drug-likeness (QED) is 0.607. The lowest BCUT2D eigenvalue weighted by molar-refractivity contribution is 0.250. The zero-order valence-corrected chi connectivity index (χ0v) is 13.2. The first-order chi connectivity index (χ1) is 10.2. The molecule has 4 nitrogen and oxygen atoms in total. The molecule has 1 heterocycles. The summed E-state index contributed by atoms with van der Waals surface area (Å²) in [4.78, 5) is 9.18. The average Bonchev–Trinajstić information content (AvgIpc) is 2.53. The Hall–Kier alpha value is -1.59. The number of anilines is 1. The number of benzene rings is 1. The minimum atomic E-state index is 0.198. The van der Waals surface area contributed by atoms with Gasteiger partial charge in [-0.15, -0.1) is 11.8 Å². The number of hydrogen-bond acceptors (Lipinski definition) is 5. The summed E-state index contributed by atoms with van der Waals surface area (Å²) in [5, 5.41) is 13.3. The van der Waals surface area contributed by atoms with Gasteiger partial charge in [0, 0.05) is 30.5 Å². The molecule has 2 rings (SSSR count). The average molecular weight is 303 g/mol. The van der Waals surface area contributed by atoms with E-state index in [2.05, 4.69) is 15.3 Å². The van der Waals surface area contributed by atoms with Crippen molar-refractivity contribution < 1.29 is 5.11 Å². The molecule has 1 atom stereocenters. The van der Waals surface area contributed by atoms with Gasteiger partial charge in [0.05, 0.1) is 0 Å². The van der Waals surface area contributed by atoms with Gasteiger partial charge >= 0.3 is 0 Å². The molecule has 0 aliphatic rings. The maximum Gasteiger partial charge on any atom is 0.162 e. The van der Waals surface area contributed by atoms with Gasteiger partial charge in [-0.3, -0.25) is 0 Å². The van der Waals surface area contributed by atoms with Crippen LogP contribution in [0.25, 0.3) is 11.4 Å². The third kappa shape index (κ3) is 4.72. The molecule has 0 saturated heterocycles. The van der Waals surface area contributed by atoms with Crippen LogP contribution in [0, 0.1) is 5.92 Å². The molecule has 0 fully saturated rings. The van der Waals surface area contributed by atoms with Crippen molar-refractivity contribution in [3.05, 3.63) is 36.4 Å². The highest BCUT2D eigenvalue weighted by molar-refractivity contribution is 7.99. The zero-order valence-electron chi connectivity index (χ0n) is 12.4. The predicted octanol–water partition coefficient (Wildman–Crippen LogP) is 3.30.